The molecule has 0 aromatic heterocycles. The molecule has 1 aliphatic carbocycles. The normalized spacial score (nSPS) is 19.8. The van der Waals surface area contributed by atoms with Crippen LogP contribution in [-0.2, 0) is 4.79 Å². The van der Waals surface area contributed by atoms with Crippen molar-refractivity contribution in [2.24, 2.45) is 5.73 Å². The molecule has 0 radical (unpaired) electrons. The van der Waals surface area contributed by atoms with E-state index in [1.165, 1.54) is 25.7 Å². The second kappa shape index (κ2) is 6.48. The van der Waals surface area contributed by atoms with Crippen LogP contribution in [0.4, 0.5) is 4.79 Å². The van der Waals surface area contributed by atoms with E-state index in [1.807, 2.05) is 6.92 Å². The summed E-state index contributed by atoms with van der Waals surface area (Å²) in [6.07, 6.45) is 7.40. The molecular formula is C11H22N3O2+. The van der Waals surface area contributed by atoms with Gasteiger partial charge in [0.25, 0.3) is 5.91 Å². The van der Waals surface area contributed by atoms with Gasteiger partial charge in [-0.3, -0.25) is 10.1 Å². The maximum atomic E-state index is 11.5. The fourth-order valence-corrected chi connectivity index (χ4v) is 2.23. The first-order valence-electron chi connectivity index (χ1n) is 6.05. The van der Waals surface area contributed by atoms with Crippen molar-refractivity contribution in [2.45, 2.75) is 57.5 Å². The van der Waals surface area contributed by atoms with Gasteiger partial charge in [-0.1, -0.05) is 12.8 Å². The van der Waals surface area contributed by atoms with Gasteiger partial charge < -0.3 is 11.1 Å². The van der Waals surface area contributed by atoms with E-state index in [1.54, 1.807) is 0 Å². The molecular weight excluding hydrogens is 206 g/mol. The number of quaternary nitrogens is 1. The Hall–Kier alpha value is -1.10. The van der Waals surface area contributed by atoms with Crippen molar-refractivity contribution in [1.29, 1.82) is 0 Å². The number of carbonyl (C=O) groups is 2. The second-order valence-electron chi connectivity index (χ2n) is 4.59. The van der Waals surface area contributed by atoms with Crippen LogP contribution in [0.25, 0.3) is 0 Å². The molecule has 92 valence electrons. The smallest absolute Gasteiger partial charge is 0.319 e. The molecule has 0 aromatic carbocycles. The van der Waals surface area contributed by atoms with E-state index in [-0.39, 0.29) is 11.9 Å². The summed E-state index contributed by atoms with van der Waals surface area (Å²) in [5.74, 6) is -0.295. The Balaban J connectivity index is 2.33. The molecule has 0 heterocycles. The van der Waals surface area contributed by atoms with Crippen molar-refractivity contribution in [3.05, 3.63) is 0 Å². The summed E-state index contributed by atoms with van der Waals surface area (Å²) >= 11 is 0. The summed E-state index contributed by atoms with van der Waals surface area (Å²) in [5.41, 5.74) is 4.90. The number of urea groups is 1. The van der Waals surface area contributed by atoms with Crippen LogP contribution in [0.15, 0.2) is 0 Å². The van der Waals surface area contributed by atoms with Crippen LogP contribution in [0.3, 0.4) is 0 Å². The van der Waals surface area contributed by atoms with Gasteiger partial charge in [0.15, 0.2) is 6.04 Å². The van der Waals surface area contributed by atoms with Crippen molar-refractivity contribution in [3.63, 3.8) is 0 Å². The summed E-state index contributed by atoms with van der Waals surface area (Å²) in [5, 5.41) is 4.18. The van der Waals surface area contributed by atoms with Crippen molar-refractivity contribution in [3.8, 4) is 0 Å². The zero-order valence-electron chi connectivity index (χ0n) is 9.87. The zero-order valence-corrected chi connectivity index (χ0v) is 9.87. The Morgan fingerprint density at radius 2 is 1.81 bits per heavy atom. The summed E-state index contributed by atoms with van der Waals surface area (Å²) in [7, 11) is 0. The number of carbonyl (C=O) groups excluding carboxylic acids is 2. The van der Waals surface area contributed by atoms with Gasteiger partial charge >= 0.3 is 6.03 Å². The number of hydrogen-bond donors (Lipinski definition) is 3. The summed E-state index contributed by atoms with van der Waals surface area (Å²) in [4.78, 5) is 22.0. The molecule has 5 nitrogen and oxygen atoms in total. The monoisotopic (exact) mass is 228 g/mol. The Labute approximate surface area is 96.1 Å². The molecule has 16 heavy (non-hydrogen) atoms. The van der Waals surface area contributed by atoms with Gasteiger partial charge in [-0.25, -0.2) is 4.79 Å². The van der Waals surface area contributed by atoms with Crippen LogP contribution in [-0.4, -0.2) is 24.0 Å². The van der Waals surface area contributed by atoms with Crippen LogP contribution in [0.1, 0.15) is 45.4 Å². The van der Waals surface area contributed by atoms with Crippen molar-refractivity contribution < 1.29 is 14.9 Å². The molecule has 3 amide bonds. The Morgan fingerprint density at radius 3 is 2.31 bits per heavy atom. The predicted octanol–water partition coefficient (Wildman–Crippen LogP) is -0.144. The first-order chi connectivity index (χ1) is 7.59. The number of hydrogen-bond acceptors (Lipinski definition) is 2. The van der Waals surface area contributed by atoms with E-state index in [2.05, 4.69) is 10.6 Å². The molecule has 1 fully saturated rings. The van der Waals surface area contributed by atoms with Crippen LogP contribution in [0, 0.1) is 0 Å². The molecule has 0 aromatic rings. The van der Waals surface area contributed by atoms with E-state index in [0.717, 1.165) is 12.8 Å². The van der Waals surface area contributed by atoms with E-state index < -0.39 is 6.03 Å². The van der Waals surface area contributed by atoms with Gasteiger partial charge in [0.1, 0.15) is 0 Å². The number of nitrogens with one attached hydrogen (secondary N) is 1. The third-order valence-corrected chi connectivity index (χ3v) is 3.12. The minimum Gasteiger partial charge on any atom is -0.351 e. The Morgan fingerprint density at radius 1 is 1.25 bits per heavy atom. The van der Waals surface area contributed by atoms with E-state index >= 15 is 0 Å². The van der Waals surface area contributed by atoms with Crippen LogP contribution >= 0.6 is 0 Å². The molecule has 0 spiro atoms. The number of rotatable bonds is 3. The van der Waals surface area contributed by atoms with Gasteiger partial charge in [-0.2, -0.15) is 0 Å². The highest BCUT2D eigenvalue weighted by molar-refractivity contribution is 5.95. The van der Waals surface area contributed by atoms with Gasteiger partial charge in [0.2, 0.25) is 0 Å². The summed E-state index contributed by atoms with van der Waals surface area (Å²) < 4.78 is 0. The number of amides is 3. The lowest BCUT2D eigenvalue weighted by atomic mass is 10.1. The third kappa shape index (κ3) is 4.61. The SMILES string of the molecule is C[C@H]([NH2+]C1CCCCCC1)C(=O)NC(N)=O. The molecule has 5 N–H and O–H groups in total. The fourth-order valence-electron chi connectivity index (χ4n) is 2.23. The minimum absolute atomic E-state index is 0.240. The van der Waals surface area contributed by atoms with Gasteiger partial charge in [-0.05, 0) is 32.6 Å². The molecule has 1 aliphatic rings. The molecule has 0 saturated heterocycles. The molecule has 5 heteroatoms. The molecule has 1 rings (SSSR count). The van der Waals surface area contributed by atoms with Gasteiger partial charge in [0.05, 0.1) is 6.04 Å². The Kier molecular flexibility index (Phi) is 5.25. The first-order valence-corrected chi connectivity index (χ1v) is 6.05. The fraction of sp³-hybridized carbons (Fsp3) is 0.818. The predicted molar refractivity (Wildman–Crippen MR) is 60.6 cm³/mol. The molecule has 1 saturated carbocycles. The second-order valence-corrected chi connectivity index (χ2v) is 4.59. The van der Waals surface area contributed by atoms with Crippen LogP contribution < -0.4 is 16.4 Å². The van der Waals surface area contributed by atoms with Crippen molar-refractivity contribution >= 4 is 11.9 Å². The highest BCUT2D eigenvalue weighted by Crippen LogP contribution is 2.14. The van der Waals surface area contributed by atoms with E-state index in [4.69, 9.17) is 5.73 Å². The molecule has 0 bridgehead atoms. The lowest BCUT2D eigenvalue weighted by molar-refractivity contribution is -0.707. The lowest BCUT2D eigenvalue weighted by Crippen LogP contribution is -2.96. The molecule has 1 atom stereocenters. The van der Waals surface area contributed by atoms with E-state index in [0.29, 0.717) is 6.04 Å². The van der Waals surface area contributed by atoms with Crippen LogP contribution in [0.2, 0.25) is 0 Å². The van der Waals surface area contributed by atoms with Gasteiger partial charge in [0, 0.05) is 0 Å². The van der Waals surface area contributed by atoms with E-state index in [9.17, 15) is 9.59 Å². The third-order valence-electron chi connectivity index (χ3n) is 3.12. The Bertz CT molecular complexity index is 248. The average molecular weight is 228 g/mol. The largest absolute Gasteiger partial charge is 0.351 e. The van der Waals surface area contributed by atoms with Crippen LogP contribution in [0.5, 0.6) is 0 Å². The highest BCUT2D eigenvalue weighted by Gasteiger charge is 2.23. The minimum atomic E-state index is -0.772. The quantitative estimate of drug-likeness (QED) is 0.587. The topological polar surface area (TPSA) is 88.8 Å². The van der Waals surface area contributed by atoms with Crippen molar-refractivity contribution in [2.75, 3.05) is 0 Å². The van der Waals surface area contributed by atoms with Gasteiger partial charge in [-0.15, -0.1) is 0 Å². The molecule has 0 unspecified atom stereocenters. The summed E-state index contributed by atoms with van der Waals surface area (Å²) in [6, 6.07) is -0.502. The molecule has 0 aliphatic heterocycles. The number of imide groups is 1. The number of primary amides is 1. The van der Waals surface area contributed by atoms with Crippen molar-refractivity contribution in [1.82, 2.24) is 5.32 Å². The standard InChI is InChI=1S/C11H21N3O2/c1-8(10(15)14-11(12)16)13-9-6-4-2-3-5-7-9/h8-9,13H,2-7H2,1H3,(H3,12,14,15,16)/p+1/t8-/m0/s1. The zero-order chi connectivity index (χ0) is 12.0. The maximum absolute atomic E-state index is 11.5. The lowest BCUT2D eigenvalue weighted by Gasteiger charge is -2.17. The number of nitrogens with two attached hydrogens (primary N) is 2. The highest BCUT2D eigenvalue weighted by atomic mass is 16.2. The average Bonchev–Trinajstić information content (AvgIpc) is 2.45. The summed E-state index contributed by atoms with van der Waals surface area (Å²) in [6.45, 7) is 1.81. The first kappa shape index (κ1) is 13.0. The maximum Gasteiger partial charge on any atom is 0.319 e.